The summed E-state index contributed by atoms with van der Waals surface area (Å²) < 4.78 is 29.6. The van der Waals surface area contributed by atoms with Crippen molar-refractivity contribution in [2.75, 3.05) is 31.7 Å². The fourth-order valence-electron chi connectivity index (χ4n) is 3.72. The van der Waals surface area contributed by atoms with E-state index >= 15 is 0 Å². The Morgan fingerprint density at radius 3 is 2.67 bits per heavy atom. The number of carbonyl (C=O) groups is 1. The van der Waals surface area contributed by atoms with Gasteiger partial charge in [0.1, 0.15) is 11.5 Å². The lowest BCUT2D eigenvalue weighted by atomic mass is 10.0. The van der Waals surface area contributed by atoms with Gasteiger partial charge in [0, 0.05) is 38.2 Å². The molecule has 1 aromatic carbocycles. The zero-order valence-corrected chi connectivity index (χ0v) is 14.6. The van der Waals surface area contributed by atoms with Gasteiger partial charge in [-0.05, 0) is 18.2 Å². The van der Waals surface area contributed by atoms with Crippen LogP contribution in [0.5, 0.6) is 11.5 Å². The third-order valence-electron chi connectivity index (χ3n) is 4.83. The molecule has 2 unspecified atom stereocenters. The lowest BCUT2D eigenvalue weighted by molar-refractivity contribution is -0.134. The molecule has 7 nitrogen and oxygen atoms in total. The first-order valence-corrected chi connectivity index (χ1v) is 9.70. The number of phenols is 1. The van der Waals surface area contributed by atoms with E-state index in [0.29, 0.717) is 25.4 Å². The molecule has 8 heteroatoms. The van der Waals surface area contributed by atoms with Crippen molar-refractivity contribution in [1.82, 2.24) is 9.80 Å². The summed E-state index contributed by atoms with van der Waals surface area (Å²) >= 11 is 0. The minimum Gasteiger partial charge on any atom is -0.508 e. The zero-order valence-electron chi connectivity index (χ0n) is 13.8. The summed E-state index contributed by atoms with van der Waals surface area (Å²) in [5.74, 6) is 0.785. The van der Waals surface area contributed by atoms with Crippen LogP contribution in [0.4, 0.5) is 0 Å². The van der Waals surface area contributed by atoms with E-state index in [1.54, 1.807) is 30.2 Å². The molecule has 2 aliphatic heterocycles. The maximum Gasteiger partial charge on any atom is 0.219 e. The molecule has 0 saturated carbocycles. The summed E-state index contributed by atoms with van der Waals surface area (Å²) in [5, 5.41) is 9.73. The molecule has 132 valence electrons. The number of amides is 1. The number of carbonyl (C=O) groups excluding carboxylic acids is 1. The number of phenolic OH excluding ortho intramolecular Hbond substituents is 1. The van der Waals surface area contributed by atoms with Gasteiger partial charge in [0.05, 0.1) is 24.7 Å². The number of sulfone groups is 1. The quantitative estimate of drug-likeness (QED) is 0.836. The Hall–Kier alpha value is -1.80. The number of benzene rings is 1. The Labute approximate surface area is 141 Å². The number of hydrogen-bond acceptors (Lipinski definition) is 6. The van der Waals surface area contributed by atoms with E-state index in [0.717, 1.165) is 5.56 Å². The van der Waals surface area contributed by atoms with Crippen LogP contribution in [0.2, 0.25) is 0 Å². The van der Waals surface area contributed by atoms with Crippen molar-refractivity contribution in [3.63, 3.8) is 0 Å². The van der Waals surface area contributed by atoms with Crippen molar-refractivity contribution in [2.45, 2.75) is 25.6 Å². The van der Waals surface area contributed by atoms with Gasteiger partial charge < -0.3 is 14.7 Å². The standard InChI is InChI=1S/C16H22N2O5S/c1-11(19)18-6-5-17(14-9-24(21,22)10-15(14)18)8-12-7-13(20)3-4-16(12)23-2/h3-4,7,14-15,20H,5-6,8-10H2,1-2H3. The van der Waals surface area contributed by atoms with E-state index < -0.39 is 9.84 Å². The first-order chi connectivity index (χ1) is 11.3. The van der Waals surface area contributed by atoms with Crippen LogP contribution in [0.3, 0.4) is 0 Å². The molecule has 0 radical (unpaired) electrons. The third kappa shape index (κ3) is 3.21. The van der Waals surface area contributed by atoms with Crippen LogP contribution in [0.25, 0.3) is 0 Å². The first-order valence-electron chi connectivity index (χ1n) is 7.88. The highest BCUT2D eigenvalue weighted by molar-refractivity contribution is 7.91. The molecule has 0 aromatic heterocycles. The molecule has 2 atom stereocenters. The SMILES string of the molecule is COc1ccc(O)cc1CN1CCN(C(C)=O)C2CS(=O)(=O)CC21. The van der Waals surface area contributed by atoms with Crippen molar-refractivity contribution < 1.29 is 23.1 Å². The topological polar surface area (TPSA) is 87.2 Å². The minimum absolute atomic E-state index is 0.0188. The average Bonchev–Trinajstić information content (AvgIpc) is 2.82. The maximum absolute atomic E-state index is 12.1. The van der Waals surface area contributed by atoms with Crippen LogP contribution in [0.15, 0.2) is 18.2 Å². The van der Waals surface area contributed by atoms with Gasteiger partial charge in [-0.15, -0.1) is 0 Å². The molecule has 3 rings (SSSR count). The largest absolute Gasteiger partial charge is 0.508 e. The van der Waals surface area contributed by atoms with Crippen LogP contribution in [0, 0.1) is 0 Å². The second kappa shape index (κ2) is 6.25. The number of methoxy groups -OCH3 is 1. The van der Waals surface area contributed by atoms with E-state index in [4.69, 9.17) is 4.74 Å². The lowest BCUT2D eigenvalue weighted by Crippen LogP contribution is -2.59. The summed E-state index contributed by atoms with van der Waals surface area (Å²) in [5.41, 5.74) is 0.803. The molecule has 0 spiro atoms. The molecule has 1 amide bonds. The molecule has 1 aromatic rings. The Morgan fingerprint density at radius 1 is 1.29 bits per heavy atom. The van der Waals surface area contributed by atoms with Crippen LogP contribution < -0.4 is 4.74 Å². The summed E-state index contributed by atoms with van der Waals surface area (Å²) in [6, 6.07) is 4.36. The highest BCUT2D eigenvalue weighted by Crippen LogP contribution is 2.31. The van der Waals surface area contributed by atoms with E-state index in [9.17, 15) is 18.3 Å². The van der Waals surface area contributed by atoms with Crippen molar-refractivity contribution in [3.8, 4) is 11.5 Å². The molecule has 0 aliphatic carbocycles. The number of hydrogen-bond donors (Lipinski definition) is 1. The van der Waals surface area contributed by atoms with Gasteiger partial charge in [-0.3, -0.25) is 9.69 Å². The monoisotopic (exact) mass is 354 g/mol. The summed E-state index contributed by atoms with van der Waals surface area (Å²) in [7, 11) is -1.60. The lowest BCUT2D eigenvalue weighted by Gasteiger charge is -2.43. The van der Waals surface area contributed by atoms with Crippen molar-refractivity contribution in [3.05, 3.63) is 23.8 Å². The number of fused-ring (bicyclic) bond motifs is 1. The predicted octanol–water partition coefficient (Wildman–Crippen LogP) is 0.231. The first kappa shape index (κ1) is 17.0. The Balaban J connectivity index is 1.87. The van der Waals surface area contributed by atoms with Crippen molar-refractivity contribution in [1.29, 1.82) is 0 Å². The number of nitrogens with zero attached hydrogens (tertiary/aromatic N) is 2. The highest BCUT2D eigenvalue weighted by Gasteiger charge is 2.47. The maximum atomic E-state index is 12.1. The highest BCUT2D eigenvalue weighted by atomic mass is 32.2. The van der Waals surface area contributed by atoms with Gasteiger partial charge in [-0.1, -0.05) is 0 Å². The van der Waals surface area contributed by atoms with E-state index in [-0.39, 0.29) is 35.2 Å². The normalized spacial score (nSPS) is 26.2. The minimum atomic E-state index is -3.16. The molecule has 2 heterocycles. The molecular weight excluding hydrogens is 332 g/mol. The van der Waals surface area contributed by atoms with Gasteiger partial charge in [-0.25, -0.2) is 8.42 Å². The van der Waals surface area contributed by atoms with Gasteiger partial charge in [0.25, 0.3) is 0 Å². The zero-order chi connectivity index (χ0) is 17.5. The molecule has 24 heavy (non-hydrogen) atoms. The van der Waals surface area contributed by atoms with E-state index in [1.165, 1.54) is 6.92 Å². The fraction of sp³-hybridized carbons (Fsp3) is 0.562. The van der Waals surface area contributed by atoms with Crippen molar-refractivity contribution in [2.24, 2.45) is 0 Å². The number of piperazine rings is 1. The van der Waals surface area contributed by atoms with Gasteiger partial charge in [0.2, 0.25) is 5.91 Å². The summed E-state index contributed by atoms with van der Waals surface area (Å²) in [4.78, 5) is 15.6. The van der Waals surface area contributed by atoms with E-state index in [1.807, 2.05) is 0 Å². The molecular formula is C16H22N2O5S. The summed E-state index contributed by atoms with van der Waals surface area (Å²) in [6.07, 6.45) is 0. The van der Waals surface area contributed by atoms with Gasteiger partial charge >= 0.3 is 0 Å². The number of ether oxygens (including phenoxy) is 1. The molecule has 2 saturated heterocycles. The molecule has 1 N–H and O–H groups in total. The second-order valence-corrected chi connectivity index (χ2v) is 8.54. The van der Waals surface area contributed by atoms with Crippen molar-refractivity contribution >= 4 is 15.7 Å². The van der Waals surface area contributed by atoms with Gasteiger partial charge in [-0.2, -0.15) is 0 Å². The average molecular weight is 354 g/mol. The summed E-state index contributed by atoms with van der Waals surface area (Å²) in [6.45, 7) is 3.05. The Bertz CT molecular complexity index is 749. The molecule has 2 fully saturated rings. The van der Waals surface area contributed by atoms with Crippen LogP contribution in [0.1, 0.15) is 12.5 Å². The Morgan fingerprint density at radius 2 is 2.00 bits per heavy atom. The van der Waals surface area contributed by atoms with Gasteiger partial charge in [0.15, 0.2) is 9.84 Å². The second-order valence-electron chi connectivity index (χ2n) is 6.39. The third-order valence-corrected chi connectivity index (χ3v) is 6.53. The van der Waals surface area contributed by atoms with E-state index in [2.05, 4.69) is 4.90 Å². The molecule has 2 aliphatic rings. The molecule has 0 bridgehead atoms. The van der Waals surface area contributed by atoms with Crippen LogP contribution >= 0.6 is 0 Å². The van der Waals surface area contributed by atoms with Crippen LogP contribution in [-0.2, 0) is 21.2 Å². The predicted molar refractivity (Wildman–Crippen MR) is 88.7 cm³/mol. The number of rotatable bonds is 3. The number of aromatic hydroxyl groups is 1. The Kier molecular flexibility index (Phi) is 4.44. The van der Waals surface area contributed by atoms with Crippen LogP contribution in [-0.4, -0.2) is 73.0 Å². The fourth-order valence-corrected chi connectivity index (χ4v) is 5.73. The smallest absolute Gasteiger partial charge is 0.219 e.